The molecule has 0 fully saturated rings. The largest absolute Gasteiger partial charge is 0.316 e. The van der Waals surface area contributed by atoms with Crippen LogP contribution in [0.25, 0.3) is 0 Å². The predicted molar refractivity (Wildman–Crippen MR) is 122 cm³/mol. The summed E-state index contributed by atoms with van der Waals surface area (Å²) in [6, 6.07) is 14.9. The Kier molecular flexibility index (Phi) is 6.17. The molecule has 6 heteroatoms. The number of rotatable bonds is 5. The normalized spacial score (nSPS) is 13.5. The van der Waals surface area contributed by atoms with Crippen LogP contribution in [-0.2, 0) is 30.7 Å². The van der Waals surface area contributed by atoms with Gasteiger partial charge in [-0.3, -0.25) is 9.69 Å². The number of nitrogens with one attached hydrogen (secondary N) is 1. The maximum atomic E-state index is 13.5. The van der Waals surface area contributed by atoms with Crippen molar-refractivity contribution < 1.29 is 9.18 Å². The van der Waals surface area contributed by atoms with Gasteiger partial charge in [0.05, 0.1) is 12.0 Å². The molecular weight excluding hydrogens is 409 g/mol. The zero-order valence-corrected chi connectivity index (χ0v) is 18.5. The number of carbonyl (C=O) groups excluding carboxylic acids is 1. The molecule has 0 bridgehead atoms. The van der Waals surface area contributed by atoms with Gasteiger partial charge in [0.2, 0.25) is 5.91 Å². The Bertz CT molecular complexity index is 1180. The Morgan fingerprint density at radius 2 is 2.06 bits per heavy atom. The molecule has 1 amide bonds. The van der Waals surface area contributed by atoms with Crippen molar-refractivity contribution in [3.05, 3.63) is 86.5 Å². The summed E-state index contributed by atoms with van der Waals surface area (Å²) < 4.78 is 13.5. The fraction of sp³-hybridized carbons (Fsp3) is 0.280. The van der Waals surface area contributed by atoms with E-state index in [-0.39, 0.29) is 18.1 Å². The molecular formula is C25H24FN3OS. The molecule has 1 aromatic heterocycles. The molecule has 1 aliphatic rings. The minimum absolute atomic E-state index is 0.111. The lowest BCUT2D eigenvalue weighted by Crippen LogP contribution is -2.29. The summed E-state index contributed by atoms with van der Waals surface area (Å²) in [5.41, 5.74) is 5.73. The SMILES string of the molecule is Cc1cccc(CC(=O)Nc2sc3c(c2C#N)CN(Cc2cccc(F)c2)CC3)c1C. The number of benzene rings is 2. The van der Waals surface area contributed by atoms with Crippen LogP contribution in [0.15, 0.2) is 42.5 Å². The maximum Gasteiger partial charge on any atom is 0.229 e. The van der Waals surface area contributed by atoms with Gasteiger partial charge in [-0.1, -0.05) is 30.3 Å². The predicted octanol–water partition coefficient (Wildman–Crippen LogP) is 5.12. The summed E-state index contributed by atoms with van der Waals surface area (Å²) in [5, 5.41) is 13.4. The fourth-order valence-corrected chi connectivity index (χ4v) is 5.19. The lowest BCUT2D eigenvalue weighted by Gasteiger charge is -2.27. The minimum Gasteiger partial charge on any atom is -0.316 e. The van der Waals surface area contributed by atoms with Crippen molar-refractivity contribution in [2.45, 2.75) is 39.8 Å². The average Bonchev–Trinajstić information content (AvgIpc) is 3.07. The first-order valence-electron chi connectivity index (χ1n) is 10.3. The highest BCUT2D eigenvalue weighted by Crippen LogP contribution is 2.37. The van der Waals surface area contributed by atoms with E-state index >= 15 is 0 Å². The van der Waals surface area contributed by atoms with Crippen LogP contribution in [0.5, 0.6) is 0 Å². The molecule has 2 aromatic carbocycles. The Hall–Kier alpha value is -3.01. The van der Waals surface area contributed by atoms with Crippen molar-refractivity contribution in [3.8, 4) is 6.07 Å². The first-order chi connectivity index (χ1) is 14.9. The topological polar surface area (TPSA) is 56.1 Å². The number of thiophene rings is 1. The number of carbonyl (C=O) groups is 1. The van der Waals surface area contributed by atoms with Crippen molar-refractivity contribution in [3.63, 3.8) is 0 Å². The van der Waals surface area contributed by atoms with Gasteiger partial charge >= 0.3 is 0 Å². The zero-order chi connectivity index (χ0) is 22.0. The number of fused-ring (bicyclic) bond motifs is 1. The summed E-state index contributed by atoms with van der Waals surface area (Å²) >= 11 is 1.50. The molecule has 31 heavy (non-hydrogen) atoms. The highest BCUT2D eigenvalue weighted by molar-refractivity contribution is 7.16. The molecule has 1 aliphatic heterocycles. The summed E-state index contributed by atoms with van der Waals surface area (Å²) in [4.78, 5) is 16.1. The number of aryl methyl sites for hydroxylation is 1. The number of nitriles is 1. The molecule has 0 radical (unpaired) electrons. The van der Waals surface area contributed by atoms with Gasteiger partial charge in [0.15, 0.2) is 0 Å². The first-order valence-corrected chi connectivity index (χ1v) is 11.1. The van der Waals surface area contributed by atoms with E-state index in [4.69, 9.17) is 0 Å². The molecule has 3 aromatic rings. The number of hydrogen-bond donors (Lipinski definition) is 1. The molecule has 4 nitrogen and oxygen atoms in total. The number of amides is 1. The van der Waals surface area contributed by atoms with Gasteiger partial charge in [-0.05, 0) is 54.7 Å². The highest BCUT2D eigenvalue weighted by Gasteiger charge is 2.25. The lowest BCUT2D eigenvalue weighted by atomic mass is 10.0. The standard InChI is InChI=1S/C25H24FN3OS/c1-16-5-3-7-19(17(16)2)12-24(30)28-25-21(13-27)22-15-29(10-9-23(22)31-25)14-18-6-4-8-20(26)11-18/h3-8,11H,9-10,12,14-15H2,1-2H3,(H,28,30). The zero-order valence-electron chi connectivity index (χ0n) is 17.7. The van der Waals surface area contributed by atoms with Crippen LogP contribution in [0.3, 0.4) is 0 Å². The van der Waals surface area contributed by atoms with E-state index in [0.717, 1.165) is 45.7 Å². The second kappa shape index (κ2) is 9.01. The first kappa shape index (κ1) is 21.2. The van der Waals surface area contributed by atoms with Crippen LogP contribution in [0.2, 0.25) is 0 Å². The molecule has 0 aliphatic carbocycles. The van der Waals surface area contributed by atoms with Crippen LogP contribution in [-0.4, -0.2) is 17.4 Å². The highest BCUT2D eigenvalue weighted by atomic mass is 32.1. The lowest BCUT2D eigenvalue weighted by molar-refractivity contribution is -0.115. The Morgan fingerprint density at radius 1 is 1.26 bits per heavy atom. The Labute approximate surface area is 185 Å². The van der Waals surface area contributed by atoms with Gasteiger partial charge in [-0.2, -0.15) is 5.26 Å². The van der Waals surface area contributed by atoms with Crippen LogP contribution >= 0.6 is 11.3 Å². The fourth-order valence-electron chi connectivity index (χ4n) is 4.03. The van der Waals surface area contributed by atoms with E-state index < -0.39 is 0 Å². The third-order valence-corrected chi connectivity index (χ3v) is 7.06. The average molecular weight is 434 g/mol. The summed E-state index contributed by atoms with van der Waals surface area (Å²) in [7, 11) is 0. The molecule has 0 unspecified atom stereocenters. The number of nitrogens with zero attached hydrogens (tertiary/aromatic N) is 2. The second-order valence-electron chi connectivity index (χ2n) is 7.99. The van der Waals surface area contributed by atoms with Crippen molar-refractivity contribution in [2.75, 3.05) is 11.9 Å². The van der Waals surface area contributed by atoms with Gasteiger partial charge in [0, 0.05) is 30.1 Å². The van der Waals surface area contributed by atoms with Crippen LogP contribution in [0.1, 0.15) is 38.3 Å². The van der Waals surface area contributed by atoms with E-state index in [1.54, 1.807) is 12.1 Å². The third-order valence-electron chi connectivity index (χ3n) is 5.86. The van der Waals surface area contributed by atoms with Crippen molar-refractivity contribution in [2.24, 2.45) is 0 Å². The molecule has 0 saturated heterocycles. The van der Waals surface area contributed by atoms with E-state index in [9.17, 15) is 14.4 Å². The van der Waals surface area contributed by atoms with Gasteiger partial charge in [0.1, 0.15) is 16.9 Å². The van der Waals surface area contributed by atoms with Gasteiger partial charge in [0.25, 0.3) is 0 Å². The molecule has 2 heterocycles. The van der Waals surface area contributed by atoms with Crippen molar-refractivity contribution in [1.29, 1.82) is 5.26 Å². The Balaban J connectivity index is 1.49. The Morgan fingerprint density at radius 3 is 2.84 bits per heavy atom. The number of halogens is 1. The molecule has 158 valence electrons. The van der Waals surface area contributed by atoms with Crippen LogP contribution in [0.4, 0.5) is 9.39 Å². The van der Waals surface area contributed by atoms with E-state index in [1.165, 1.54) is 17.4 Å². The van der Waals surface area contributed by atoms with E-state index in [2.05, 4.69) is 16.3 Å². The monoisotopic (exact) mass is 433 g/mol. The van der Waals surface area contributed by atoms with Crippen molar-refractivity contribution >= 4 is 22.2 Å². The van der Waals surface area contributed by atoms with Gasteiger partial charge < -0.3 is 5.32 Å². The number of hydrogen-bond acceptors (Lipinski definition) is 4. The molecule has 1 N–H and O–H groups in total. The summed E-state index contributed by atoms with van der Waals surface area (Å²) in [5.74, 6) is -0.349. The minimum atomic E-state index is -0.239. The van der Waals surface area contributed by atoms with Crippen molar-refractivity contribution in [1.82, 2.24) is 4.90 Å². The smallest absolute Gasteiger partial charge is 0.229 e. The molecule has 4 rings (SSSR count). The van der Waals surface area contributed by atoms with Gasteiger partial charge in [-0.25, -0.2) is 4.39 Å². The maximum absolute atomic E-state index is 13.5. The van der Waals surface area contributed by atoms with E-state index in [1.807, 2.05) is 38.1 Å². The molecule has 0 saturated carbocycles. The van der Waals surface area contributed by atoms with Gasteiger partial charge in [-0.15, -0.1) is 11.3 Å². The van der Waals surface area contributed by atoms with Crippen LogP contribution < -0.4 is 5.32 Å². The quantitative estimate of drug-likeness (QED) is 0.608. The van der Waals surface area contributed by atoms with Crippen LogP contribution in [0, 0.1) is 31.0 Å². The molecule has 0 spiro atoms. The molecule has 0 atom stereocenters. The summed E-state index contributed by atoms with van der Waals surface area (Å²) in [6.45, 7) is 6.15. The van der Waals surface area contributed by atoms with E-state index in [0.29, 0.717) is 23.7 Å². The number of anilines is 1. The second-order valence-corrected chi connectivity index (χ2v) is 9.10. The summed E-state index contributed by atoms with van der Waals surface area (Å²) in [6.07, 6.45) is 1.10. The third kappa shape index (κ3) is 4.68.